The Morgan fingerprint density at radius 1 is 0.931 bits per heavy atom. The van der Waals surface area contributed by atoms with Crippen LogP contribution in [0.15, 0.2) is 54.9 Å². The molecule has 3 aromatic carbocycles. The zero-order chi connectivity index (χ0) is 20.1. The molecule has 0 N–H and O–H groups in total. The molecule has 29 heavy (non-hydrogen) atoms. The van der Waals surface area contributed by atoms with Crippen molar-refractivity contribution in [2.75, 3.05) is 0 Å². The van der Waals surface area contributed by atoms with Gasteiger partial charge in [0.2, 0.25) is 0 Å². The summed E-state index contributed by atoms with van der Waals surface area (Å²) in [6.07, 6.45) is 2.78. The van der Waals surface area contributed by atoms with Crippen molar-refractivity contribution in [3.63, 3.8) is 0 Å². The topological polar surface area (TPSA) is 25.8 Å². The van der Waals surface area contributed by atoms with E-state index < -0.39 is 0 Å². The Hall–Kier alpha value is -2.78. The van der Waals surface area contributed by atoms with E-state index in [0.717, 1.165) is 23.0 Å². The molecule has 0 amide bonds. The van der Waals surface area contributed by atoms with Crippen molar-refractivity contribution in [2.24, 2.45) is 5.92 Å². The molecule has 5 rings (SSSR count). The lowest BCUT2D eigenvalue weighted by atomic mass is 9.97. The number of fused-ring (bicyclic) bond motifs is 4. The van der Waals surface area contributed by atoms with Gasteiger partial charge in [-0.2, -0.15) is 0 Å². The van der Waals surface area contributed by atoms with Gasteiger partial charge in [0.25, 0.3) is 0 Å². The molecular weight excluding hydrogens is 372 g/mol. The van der Waals surface area contributed by atoms with E-state index in [9.17, 15) is 0 Å². The highest BCUT2D eigenvalue weighted by atomic mass is 32.1. The fraction of sp³-hybridized carbons (Fsp3) is 0.231. The second kappa shape index (κ2) is 6.93. The average molecular weight is 397 g/mol. The van der Waals surface area contributed by atoms with Crippen molar-refractivity contribution in [3.8, 4) is 11.3 Å². The first-order chi connectivity index (χ1) is 14.0. The monoisotopic (exact) mass is 396 g/mol. The van der Waals surface area contributed by atoms with Crippen LogP contribution >= 0.6 is 11.3 Å². The Balaban J connectivity index is 1.80. The Morgan fingerprint density at radius 3 is 2.62 bits per heavy atom. The molecule has 144 valence electrons. The van der Waals surface area contributed by atoms with Gasteiger partial charge >= 0.3 is 0 Å². The van der Waals surface area contributed by atoms with Crippen molar-refractivity contribution in [1.82, 2.24) is 9.97 Å². The Kier molecular flexibility index (Phi) is 4.36. The molecule has 5 aromatic rings. The number of nitrogens with zero attached hydrogens (tertiary/aromatic N) is 2. The van der Waals surface area contributed by atoms with Gasteiger partial charge in [0, 0.05) is 31.1 Å². The van der Waals surface area contributed by atoms with Crippen molar-refractivity contribution in [2.45, 2.75) is 34.1 Å². The van der Waals surface area contributed by atoms with Gasteiger partial charge in [-0.3, -0.25) is 0 Å². The minimum atomic E-state index is 0.631. The predicted octanol–water partition coefficient (Wildman–Crippen LogP) is 7.48. The number of hydrogen-bond donors (Lipinski definition) is 0. The summed E-state index contributed by atoms with van der Waals surface area (Å²) in [6.45, 7) is 8.88. The first-order valence-corrected chi connectivity index (χ1v) is 11.0. The molecule has 0 saturated heterocycles. The quantitative estimate of drug-likeness (QED) is 0.316. The van der Waals surface area contributed by atoms with Crippen LogP contribution in [-0.4, -0.2) is 9.97 Å². The van der Waals surface area contributed by atoms with Crippen LogP contribution in [-0.2, 0) is 6.42 Å². The number of aryl methyl sites for hydroxylation is 2. The zero-order valence-electron chi connectivity index (χ0n) is 17.3. The van der Waals surface area contributed by atoms with Crippen LogP contribution in [0.2, 0.25) is 0 Å². The lowest BCUT2D eigenvalue weighted by Gasteiger charge is -2.10. The van der Waals surface area contributed by atoms with Crippen LogP contribution in [0.4, 0.5) is 0 Å². The first-order valence-electron chi connectivity index (χ1n) is 10.2. The molecule has 0 aliphatic rings. The van der Waals surface area contributed by atoms with Crippen LogP contribution in [0.5, 0.6) is 0 Å². The average Bonchev–Trinajstić information content (AvgIpc) is 3.06. The van der Waals surface area contributed by atoms with Gasteiger partial charge in [-0.05, 0) is 67.1 Å². The Morgan fingerprint density at radius 2 is 1.79 bits per heavy atom. The second-order valence-corrected chi connectivity index (χ2v) is 9.46. The summed E-state index contributed by atoms with van der Waals surface area (Å²) in [5, 5.41) is 3.83. The SMILES string of the molecule is Cc1cc(-c2ncnc3cc(CC(C)C)ccc23)c2sc3cccc(C)c3c2c1. The molecule has 0 spiro atoms. The summed E-state index contributed by atoms with van der Waals surface area (Å²) in [7, 11) is 0. The van der Waals surface area contributed by atoms with Gasteiger partial charge in [-0.1, -0.05) is 38.1 Å². The van der Waals surface area contributed by atoms with Crippen molar-refractivity contribution >= 4 is 42.4 Å². The van der Waals surface area contributed by atoms with E-state index in [0.29, 0.717) is 5.92 Å². The third kappa shape index (κ3) is 3.10. The standard InChI is InChI=1S/C26H24N2S/c1-15(2)10-18-8-9-19-22(13-18)27-14-28-25(19)21-12-16(3)11-20-24-17(4)6-5-7-23(24)29-26(20)21/h5-9,11-15H,10H2,1-4H3. The van der Waals surface area contributed by atoms with E-state index in [1.165, 1.54) is 42.4 Å². The van der Waals surface area contributed by atoms with Gasteiger partial charge in [0.15, 0.2) is 0 Å². The minimum absolute atomic E-state index is 0.631. The lowest BCUT2D eigenvalue weighted by Crippen LogP contribution is -1.96. The van der Waals surface area contributed by atoms with Gasteiger partial charge in [0.1, 0.15) is 6.33 Å². The van der Waals surface area contributed by atoms with E-state index in [4.69, 9.17) is 4.98 Å². The molecule has 2 heterocycles. The highest BCUT2D eigenvalue weighted by Crippen LogP contribution is 2.42. The van der Waals surface area contributed by atoms with Crippen LogP contribution in [0, 0.1) is 19.8 Å². The van der Waals surface area contributed by atoms with Gasteiger partial charge in [-0.15, -0.1) is 11.3 Å². The Labute approximate surface area is 175 Å². The fourth-order valence-corrected chi connectivity index (χ4v) is 5.62. The molecule has 2 nitrogen and oxygen atoms in total. The zero-order valence-corrected chi connectivity index (χ0v) is 18.1. The van der Waals surface area contributed by atoms with Gasteiger partial charge < -0.3 is 0 Å². The number of benzene rings is 3. The summed E-state index contributed by atoms with van der Waals surface area (Å²) in [4.78, 5) is 9.33. The number of thiophene rings is 1. The maximum atomic E-state index is 4.75. The smallest absolute Gasteiger partial charge is 0.116 e. The van der Waals surface area contributed by atoms with E-state index >= 15 is 0 Å². The third-order valence-electron chi connectivity index (χ3n) is 5.55. The molecule has 0 aliphatic carbocycles. The highest BCUT2D eigenvalue weighted by Gasteiger charge is 2.16. The largest absolute Gasteiger partial charge is 0.236 e. The maximum Gasteiger partial charge on any atom is 0.116 e. The van der Waals surface area contributed by atoms with Gasteiger partial charge in [0.05, 0.1) is 11.2 Å². The first kappa shape index (κ1) is 18.3. The molecule has 0 unspecified atom stereocenters. The van der Waals surface area contributed by atoms with E-state index in [1.54, 1.807) is 6.33 Å². The number of hydrogen-bond acceptors (Lipinski definition) is 3. The summed E-state index contributed by atoms with van der Waals surface area (Å²) >= 11 is 1.87. The van der Waals surface area contributed by atoms with E-state index in [1.807, 2.05) is 11.3 Å². The van der Waals surface area contributed by atoms with Gasteiger partial charge in [-0.25, -0.2) is 9.97 Å². The second-order valence-electron chi connectivity index (χ2n) is 8.41. The van der Waals surface area contributed by atoms with Crippen molar-refractivity contribution < 1.29 is 0 Å². The summed E-state index contributed by atoms with van der Waals surface area (Å²) < 4.78 is 2.65. The van der Waals surface area contributed by atoms with E-state index in [-0.39, 0.29) is 0 Å². The summed E-state index contributed by atoms with van der Waals surface area (Å²) in [5.41, 5.74) is 7.20. The van der Waals surface area contributed by atoms with Crippen molar-refractivity contribution in [1.29, 1.82) is 0 Å². The normalized spacial score (nSPS) is 11.9. The highest BCUT2D eigenvalue weighted by molar-refractivity contribution is 7.26. The predicted molar refractivity (Wildman–Crippen MR) is 126 cm³/mol. The minimum Gasteiger partial charge on any atom is -0.236 e. The molecule has 0 atom stereocenters. The molecular formula is C26H24N2S. The lowest BCUT2D eigenvalue weighted by molar-refractivity contribution is 0.647. The fourth-order valence-electron chi connectivity index (χ4n) is 4.34. The third-order valence-corrected chi connectivity index (χ3v) is 6.75. The number of aromatic nitrogens is 2. The number of rotatable bonds is 3. The molecule has 0 radical (unpaired) electrons. The van der Waals surface area contributed by atoms with Crippen molar-refractivity contribution in [3.05, 3.63) is 71.5 Å². The molecule has 3 heteroatoms. The summed E-state index contributed by atoms with van der Waals surface area (Å²) in [6, 6.07) is 17.8. The molecule has 0 fully saturated rings. The maximum absolute atomic E-state index is 4.75. The molecule has 0 bridgehead atoms. The molecule has 2 aromatic heterocycles. The molecule has 0 saturated carbocycles. The Bertz CT molecular complexity index is 1380. The van der Waals surface area contributed by atoms with E-state index in [2.05, 4.69) is 81.2 Å². The molecule has 0 aliphatic heterocycles. The van der Waals surface area contributed by atoms with Crippen LogP contribution in [0.1, 0.15) is 30.5 Å². The van der Waals surface area contributed by atoms with Crippen LogP contribution in [0.3, 0.4) is 0 Å². The van der Waals surface area contributed by atoms with Crippen LogP contribution in [0.25, 0.3) is 42.3 Å². The van der Waals surface area contributed by atoms with Crippen LogP contribution < -0.4 is 0 Å². The summed E-state index contributed by atoms with van der Waals surface area (Å²) in [5.74, 6) is 0.631.